The number of halogens is 2. The third kappa shape index (κ3) is 3.49. The van der Waals surface area contributed by atoms with Gasteiger partial charge in [-0.1, -0.05) is 17.7 Å². The molecule has 0 spiro atoms. The number of amides is 1. The third-order valence-corrected chi connectivity index (χ3v) is 3.45. The highest BCUT2D eigenvalue weighted by Crippen LogP contribution is 2.21. The molecule has 112 valence electrons. The topological polar surface area (TPSA) is 53.4 Å². The molecule has 1 amide bonds. The Morgan fingerprint density at radius 3 is 2.86 bits per heavy atom. The Morgan fingerprint density at radius 2 is 2.19 bits per heavy atom. The van der Waals surface area contributed by atoms with Gasteiger partial charge in [-0.15, -0.1) is 0 Å². The number of aryl methyl sites for hydroxylation is 1. The van der Waals surface area contributed by atoms with Crippen molar-refractivity contribution >= 4 is 28.4 Å². The average molecular weight is 311 g/mol. The summed E-state index contributed by atoms with van der Waals surface area (Å²) in [5.41, 5.74) is 1.71. The molecule has 1 atom stereocenters. The molecule has 0 aliphatic rings. The van der Waals surface area contributed by atoms with Crippen LogP contribution in [0.5, 0.6) is 0 Å². The van der Waals surface area contributed by atoms with Gasteiger partial charge in [0.15, 0.2) is 0 Å². The molecule has 1 aromatic carbocycles. The van der Waals surface area contributed by atoms with E-state index < -0.39 is 12.8 Å². The van der Waals surface area contributed by atoms with Crippen LogP contribution in [0.4, 0.5) is 4.39 Å². The van der Waals surface area contributed by atoms with Gasteiger partial charge >= 0.3 is 0 Å². The number of pyridine rings is 1. The van der Waals surface area contributed by atoms with Crippen molar-refractivity contribution in [2.24, 2.45) is 0 Å². The first-order chi connectivity index (χ1) is 9.92. The number of carbonyl (C=O) groups is 1. The van der Waals surface area contributed by atoms with E-state index in [0.29, 0.717) is 21.8 Å². The number of hydrogen-bond donors (Lipinski definition) is 1. The van der Waals surface area contributed by atoms with E-state index in [1.807, 2.05) is 0 Å². The maximum Gasteiger partial charge on any atom is 0.255 e. The van der Waals surface area contributed by atoms with Gasteiger partial charge in [-0.05, 0) is 25.1 Å². The molecule has 0 fully saturated rings. The average Bonchev–Trinajstić information content (AvgIpc) is 2.45. The van der Waals surface area contributed by atoms with Crippen molar-refractivity contribution < 1.29 is 14.3 Å². The van der Waals surface area contributed by atoms with Crippen LogP contribution in [-0.2, 0) is 0 Å². The van der Waals surface area contributed by atoms with Gasteiger partial charge in [0.1, 0.15) is 6.67 Å². The number of nitrogens with zero attached hydrogens (tertiary/aromatic N) is 2. The van der Waals surface area contributed by atoms with Crippen molar-refractivity contribution in [1.29, 1.82) is 0 Å². The standard InChI is InChI=1S/C15H16ClFN2O2/c1-9-13(15(21)19(2)8-12(20)7-17)5-10-3-4-11(16)6-14(10)18-9/h3-6,12,20H,7-8H2,1-2H3. The molecule has 0 saturated carbocycles. The number of hydrogen-bond acceptors (Lipinski definition) is 3. The Kier molecular flexibility index (Phi) is 4.75. The van der Waals surface area contributed by atoms with E-state index in [0.717, 1.165) is 5.39 Å². The van der Waals surface area contributed by atoms with Gasteiger partial charge in [0, 0.05) is 24.0 Å². The molecule has 0 aliphatic carbocycles. The Bertz CT molecular complexity index is 678. The number of alkyl halides is 1. The largest absolute Gasteiger partial charge is 0.389 e. The van der Waals surface area contributed by atoms with Crippen molar-refractivity contribution in [2.75, 3.05) is 20.3 Å². The molecule has 0 radical (unpaired) electrons. The summed E-state index contributed by atoms with van der Waals surface area (Å²) in [5.74, 6) is -0.302. The molecule has 21 heavy (non-hydrogen) atoms. The zero-order chi connectivity index (χ0) is 15.6. The highest BCUT2D eigenvalue weighted by molar-refractivity contribution is 6.31. The monoisotopic (exact) mass is 310 g/mol. The minimum Gasteiger partial charge on any atom is -0.389 e. The highest BCUT2D eigenvalue weighted by atomic mass is 35.5. The fourth-order valence-electron chi connectivity index (χ4n) is 2.11. The summed E-state index contributed by atoms with van der Waals surface area (Å²) in [6, 6.07) is 6.98. The molecular formula is C15H16ClFN2O2. The summed E-state index contributed by atoms with van der Waals surface area (Å²) in [4.78, 5) is 18.0. The molecule has 4 nitrogen and oxygen atoms in total. The number of fused-ring (bicyclic) bond motifs is 1. The van der Waals surface area contributed by atoms with Gasteiger partial charge in [-0.3, -0.25) is 9.78 Å². The number of aliphatic hydroxyl groups is 1. The van der Waals surface area contributed by atoms with Crippen molar-refractivity contribution in [3.05, 3.63) is 40.5 Å². The Hall–Kier alpha value is -1.72. The zero-order valence-corrected chi connectivity index (χ0v) is 12.6. The van der Waals surface area contributed by atoms with Crippen LogP contribution in [-0.4, -0.2) is 47.3 Å². The summed E-state index contributed by atoms with van der Waals surface area (Å²) >= 11 is 5.92. The van der Waals surface area contributed by atoms with Crippen molar-refractivity contribution in [1.82, 2.24) is 9.88 Å². The van der Waals surface area contributed by atoms with E-state index >= 15 is 0 Å². The molecule has 0 bridgehead atoms. The van der Waals surface area contributed by atoms with E-state index in [1.165, 1.54) is 11.9 Å². The molecule has 1 heterocycles. The number of carbonyl (C=O) groups excluding carboxylic acids is 1. The summed E-state index contributed by atoms with van der Waals surface area (Å²) in [5, 5.41) is 10.7. The molecule has 1 unspecified atom stereocenters. The van der Waals surface area contributed by atoms with E-state index in [2.05, 4.69) is 4.98 Å². The maximum absolute atomic E-state index is 12.4. The van der Waals surface area contributed by atoms with Gasteiger partial charge in [-0.25, -0.2) is 4.39 Å². The van der Waals surface area contributed by atoms with Crippen LogP contribution in [0.2, 0.25) is 5.02 Å². The summed E-state index contributed by atoms with van der Waals surface area (Å²) < 4.78 is 12.3. The molecular weight excluding hydrogens is 295 g/mol. The smallest absolute Gasteiger partial charge is 0.255 e. The number of aromatic nitrogens is 1. The first-order valence-corrected chi connectivity index (χ1v) is 6.86. The van der Waals surface area contributed by atoms with Gasteiger partial charge < -0.3 is 10.0 Å². The Labute approximate surface area is 127 Å². The van der Waals surface area contributed by atoms with Crippen LogP contribution in [0.15, 0.2) is 24.3 Å². The molecule has 0 saturated heterocycles. The first-order valence-electron chi connectivity index (χ1n) is 6.48. The quantitative estimate of drug-likeness (QED) is 0.944. The Balaban J connectivity index is 2.35. The predicted molar refractivity (Wildman–Crippen MR) is 80.4 cm³/mol. The SMILES string of the molecule is Cc1nc2cc(Cl)ccc2cc1C(=O)N(C)CC(O)CF. The lowest BCUT2D eigenvalue weighted by molar-refractivity contribution is 0.0635. The van der Waals surface area contributed by atoms with Crippen molar-refractivity contribution in [2.45, 2.75) is 13.0 Å². The third-order valence-electron chi connectivity index (χ3n) is 3.21. The van der Waals surface area contributed by atoms with Gasteiger partial charge in [0.2, 0.25) is 0 Å². The van der Waals surface area contributed by atoms with Crippen molar-refractivity contribution in [3.8, 4) is 0 Å². The fraction of sp³-hybridized carbons (Fsp3) is 0.333. The van der Waals surface area contributed by atoms with Crippen LogP contribution in [0.1, 0.15) is 16.1 Å². The second-order valence-electron chi connectivity index (χ2n) is 4.95. The first kappa shape index (κ1) is 15.7. The van der Waals surface area contributed by atoms with Gasteiger partial charge in [0.05, 0.1) is 22.9 Å². The van der Waals surface area contributed by atoms with Crippen molar-refractivity contribution in [3.63, 3.8) is 0 Å². The fourth-order valence-corrected chi connectivity index (χ4v) is 2.27. The second-order valence-corrected chi connectivity index (χ2v) is 5.39. The normalized spacial score (nSPS) is 12.4. The van der Waals surface area contributed by atoms with Gasteiger partial charge in [0.25, 0.3) is 5.91 Å². The van der Waals surface area contributed by atoms with Crippen LogP contribution < -0.4 is 0 Å². The molecule has 2 aromatic rings. The van der Waals surface area contributed by atoms with E-state index in [9.17, 15) is 14.3 Å². The lowest BCUT2D eigenvalue weighted by Gasteiger charge is -2.20. The maximum atomic E-state index is 12.4. The lowest BCUT2D eigenvalue weighted by Crippen LogP contribution is -2.35. The minimum atomic E-state index is -1.17. The Morgan fingerprint density at radius 1 is 1.48 bits per heavy atom. The van der Waals surface area contributed by atoms with Crippen LogP contribution >= 0.6 is 11.6 Å². The second kappa shape index (κ2) is 6.37. The minimum absolute atomic E-state index is 0.0621. The lowest BCUT2D eigenvalue weighted by atomic mass is 10.1. The van der Waals surface area contributed by atoms with E-state index in [1.54, 1.807) is 31.2 Å². The van der Waals surface area contributed by atoms with Crippen LogP contribution in [0.3, 0.4) is 0 Å². The summed E-state index contributed by atoms with van der Waals surface area (Å²) in [6.07, 6.45) is -1.17. The molecule has 1 N–H and O–H groups in total. The summed E-state index contributed by atoms with van der Waals surface area (Å²) in [6.45, 7) is 0.783. The molecule has 2 rings (SSSR count). The molecule has 6 heteroatoms. The van der Waals surface area contributed by atoms with E-state index in [-0.39, 0.29) is 12.5 Å². The summed E-state index contributed by atoms with van der Waals surface area (Å²) in [7, 11) is 1.52. The molecule has 1 aromatic heterocycles. The van der Waals surface area contributed by atoms with Crippen LogP contribution in [0.25, 0.3) is 10.9 Å². The highest BCUT2D eigenvalue weighted by Gasteiger charge is 2.18. The van der Waals surface area contributed by atoms with E-state index in [4.69, 9.17) is 11.6 Å². The number of benzene rings is 1. The number of likely N-dealkylation sites (N-methyl/N-ethyl adjacent to an activating group) is 1. The van der Waals surface area contributed by atoms with Crippen LogP contribution in [0, 0.1) is 6.92 Å². The number of rotatable bonds is 4. The molecule has 0 aliphatic heterocycles. The number of aliphatic hydroxyl groups excluding tert-OH is 1. The van der Waals surface area contributed by atoms with Gasteiger partial charge in [-0.2, -0.15) is 0 Å². The predicted octanol–water partition coefficient (Wildman–Crippen LogP) is 2.60. The zero-order valence-electron chi connectivity index (χ0n) is 11.8.